The van der Waals surface area contributed by atoms with Crippen molar-refractivity contribution in [3.63, 3.8) is 0 Å². The van der Waals surface area contributed by atoms with E-state index in [2.05, 4.69) is 20.1 Å². The van der Waals surface area contributed by atoms with Crippen LogP contribution >= 0.6 is 0 Å². The van der Waals surface area contributed by atoms with Crippen molar-refractivity contribution < 1.29 is 13.9 Å². The molecule has 9 heteroatoms. The summed E-state index contributed by atoms with van der Waals surface area (Å²) in [6.07, 6.45) is 5.55. The van der Waals surface area contributed by atoms with Crippen LogP contribution in [0.25, 0.3) is 16.0 Å². The fraction of sp³-hybridized carbons (Fsp3) is 0.286. The van der Waals surface area contributed by atoms with Crippen LogP contribution in [0, 0.1) is 12.4 Å². The predicted octanol–water partition coefficient (Wildman–Crippen LogP) is 3.41. The van der Waals surface area contributed by atoms with Crippen LogP contribution in [0.1, 0.15) is 18.5 Å². The molecule has 2 fully saturated rings. The number of pyridine rings is 1. The number of benzene rings is 1. The Hall–Kier alpha value is -3.80. The third kappa shape index (κ3) is 3.16. The van der Waals surface area contributed by atoms with Gasteiger partial charge >= 0.3 is 6.09 Å². The summed E-state index contributed by atoms with van der Waals surface area (Å²) >= 11 is 0. The van der Waals surface area contributed by atoms with E-state index in [0.29, 0.717) is 29.9 Å². The zero-order valence-corrected chi connectivity index (χ0v) is 15.9. The van der Waals surface area contributed by atoms with Crippen molar-refractivity contribution in [3.8, 4) is 11.1 Å². The number of nitrogens with zero attached hydrogens (tertiary/aromatic N) is 6. The minimum atomic E-state index is -0.521. The minimum Gasteiger partial charge on any atom is -0.442 e. The van der Waals surface area contributed by atoms with Gasteiger partial charge in [0.1, 0.15) is 17.6 Å². The predicted molar refractivity (Wildman–Crippen MR) is 105 cm³/mol. The van der Waals surface area contributed by atoms with Gasteiger partial charge in [-0.05, 0) is 24.3 Å². The molecule has 3 aromatic rings. The van der Waals surface area contributed by atoms with E-state index in [0.717, 1.165) is 18.5 Å². The van der Waals surface area contributed by atoms with Gasteiger partial charge in [-0.1, -0.05) is 11.3 Å². The summed E-state index contributed by atoms with van der Waals surface area (Å²) in [4.78, 5) is 21.7. The maximum atomic E-state index is 14.9. The van der Waals surface area contributed by atoms with Gasteiger partial charge in [0.05, 0.1) is 25.0 Å². The summed E-state index contributed by atoms with van der Waals surface area (Å²) in [6.45, 7) is 8.00. The molecule has 0 bridgehead atoms. The van der Waals surface area contributed by atoms with Crippen LogP contribution in [-0.4, -0.2) is 38.7 Å². The third-order valence-electron chi connectivity index (χ3n) is 5.49. The van der Waals surface area contributed by atoms with Gasteiger partial charge in [-0.2, -0.15) is 0 Å². The van der Waals surface area contributed by atoms with Gasteiger partial charge in [-0.3, -0.25) is 9.88 Å². The summed E-state index contributed by atoms with van der Waals surface area (Å²) in [5.41, 5.74) is 1.68. The lowest BCUT2D eigenvalue weighted by molar-refractivity contribution is 0.129. The van der Waals surface area contributed by atoms with E-state index in [4.69, 9.17) is 11.3 Å². The highest BCUT2D eigenvalue weighted by molar-refractivity contribution is 5.90. The molecule has 1 aromatic carbocycles. The molecule has 0 radical (unpaired) electrons. The Morgan fingerprint density at radius 3 is 2.80 bits per heavy atom. The molecule has 0 unspecified atom stereocenters. The molecule has 5 rings (SSSR count). The lowest BCUT2D eigenvalue weighted by atomic mass is 10.0. The van der Waals surface area contributed by atoms with Crippen LogP contribution in [-0.2, 0) is 16.8 Å². The van der Waals surface area contributed by atoms with Gasteiger partial charge in [0, 0.05) is 36.4 Å². The largest absolute Gasteiger partial charge is 0.442 e. The lowest BCUT2D eigenvalue weighted by Crippen LogP contribution is -2.26. The van der Waals surface area contributed by atoms with Gasteiger partial charge in [-0.25, -0.2) is 20.4 Å². The fourth-order valence-electron chi connectivity index (χ4n) is 3.64. The van der Waals surface area contributed by atoms with Gasteiger partial charge < -0.3 is 9.58 Å². The average molecular weight is 404 g/mol. The number of amides is 1. The number of anilines is 1. The standard InChI is InChI=1S/C21H17FN6O2/c1-23-21(6-7-21)19-5-2-14(11-24-19)17-4-3-15(10-18(17)22)28-13-16(30-20(28)29)12-27-9-8-25-26-27/h2-5,8-11,16H,6-7,12-13H2/t16-/m0/s1. The third-order valence-corrected chi connectivity index (χ3v) is 5.49. The molecule has 1 aliphatic heterocycles. The van der Waals surface area contributed by atoms with Crippen molar-refractivity contribution in [2.24, 2.45) is 0 Å². The minimum absolute atomic E-state index is 0.298. The molecule has 0 spiro atoms. The molecule has 150 valence electrons. The zero-order chi connectivity index (χ0) is 20.7. The Labute approximate surface area is 171 Å². The highest BCUT2D eigenvalue weighted by atomic mass is 19.1. The number of hydrogen-bond donors (Lipinski definition) is 0. The van der Waals surface area contributed by atoms with E-state index >= 15 is 0 Å². The summed E-state index contributed by atoms with van der Waals surface area (Å²) in [6, 6.07) is 8.21. The molecule has 1 saturated heterocycles. The van der Waals surface area contributed by atoms with E-state index in [1.807, 2.05) is 0 Å². The van der Waals surface area contributed by atoms with Crippen LogP contribution in [0.4, 0.5) is 14.9 Å². The van der Waals surface area contributed by atoms with Crippen molar-refractivity contribution in [2.75, 3.05) is 11.4 Å². The highest BCUT2D eigenvalue weighted by Gasteiger charge is 2.53. The fourth-order valence-corrected chi connectivity index (χ4v) is 3.64. The average Bonchev–Trinajstić information content (AvgIpc) is 3.23. The molecule has 2 aliphatic rings. The van der Waals surface area contributed by atoms with E-state index in [1.54, 1.807) is 47.5 Å². The number of cyclic esters (lactones) is 1. The SMILES string of the molecule is [C-]#[N+]C1(c2ccc(-c3ccc(N4C[C@H](Cn5ccnn5)OC4=O)cc3F)cn2)CC1. The molecule has 30 heavy (non-hydrogen) atoms. The van der Waals surface area contributed by atoms with Crippen LogP contribution in [0.2, 0.25) is 0 Å². The van der Waals surface area contributed by atoms with Crippen molar-refractivity contribution in [1.82, 2.24) is 20.0 Å². The Kier molecular flexibility index (Phi) is 4.20. The Bertz CT molecular complexity index is 1140. The number of halogens is 1. The van der Waals surface area contributed by atoms with Gasteiger partial charge in [0.15, 0.2) is 0 Å². The molecule has 1 saturated carbocycles. The van der Waals surface area contributed by atoms with Crippen molar-refractivity contribution in [3.05, 3.63) is 71.9 Å². The Morgan fingerprint density at radius 1 is 1.30 bits per heavy atom. The van der Waals surface area contributed by atoms with Crippen LogP contribution in [0.5, 0.6) is 0 Å². The second kappa shape index (κ2) is 6.91. The van der Waals surface area contributed by atoms with Crippen LogP contribution in [0.3, 0.4) is 0 Å². The number of rotatable bonds is 5. The van der Waals surface area contributed by atoms with Crippen molar-refractivity contribution in [2.45, 2.75) is 31.0 Å². The van der Waals surface area contributed by atoms with Crippen LogP contribution in [0.15, 0.2) is 48.9 Å². The summed E-state index contributed by atoms with van der Waals surface area (Å²) in [5, 5.41) is 7.59. The van der Waals surface area contributed by atoms with E-state index in [9.17, 15) is 9.18 Å². The number of carbonyl (C=O) groups is 1. The van der Waals surface area contributed by atoms with Gasteiger partial charge in [0.25, 0.3) is 5.54 Å². The van der Waals surface area contributed by atoms with E-state index < -0.39 is 23.6 Å². The second-order valence-electron chi connectivity index (χ2n) is 7.48. The number of aromatic nitrogens is 4. The molecule has 8 nitrogen and oxygen atoms in total. The van der Waals surface area contributed by atoms with E-state index in [1.165, 1.54) is 11.0 Å². The van der Waals surface area contributed by atoms with Gasteiger partial charge in [0.2, 0.25) is 0 Å². The molecule has 3 heterocycles. The number of hydrogen-bond acceptors (Lipinski definition) is 5. The maximum absolute atomic E-state index is 14.9. The zero-order valence-electron chi connectivity index (χ0n) is 15.9. The molecule has 1 amide bonds. The first-order valence-electron chi connectivity index (χ1n) is 9.55. The monoisotopic (exact) mass is 404 g/mol. The smallest absolute Gasteiger partial charge is 0.414 e. The molecule has 0 N–H and O–H groups in total. The maximum Gasteiger partial charge on any atom is 0.414 e. The van der Waals surface area contributed by atoms with Crippen molar-refractivity contribution in [1.29, 1.82) is 0 Å². The summed E-state index contributed by atoms with van der Waals surface area (Å²) < 4.78 is 21.8. The summed E-state index contributed by atoms with van der Waals surface area (Å²) in [7, 11) is 0. The number of ether oxygens (including phenoxy) is 1. The van der Waals surface area contributed by atoms with Crippen molar-refractivity contribution >= 4 is 11.8 Å². The van der Waals surface area contributed by atoms with Gasteiger partial charge in [-0.15, -0.1) is 5.10 Å². The first-order valence-corrected chi connectivity index (χ1v) is 9.55. The quantitative estimate of drug-likeness (QED) is 0.609. The van der Waals surface area contributed by atoms with E-state index in [-0.39, 0.29) is 0 Å². The first-order chi connectivity index (χ1) is 14.6. The highest BCUT2D eigenvalue weighted by Crippen LogP contribution is 2.48. The summed E-state index contributed by atoms with van der Waals surface area (Å²) in [5.74, 6) is -0.458. The molecule has 2 aromatic heterocycles. The van der Waals surface area contributed by atoms with Crippen LogP contribution < -0.4 is 4.90 Å². The molecular weight excluding hydrogens is 387 g/mol. The topological polar surface area (TPSA) is 77.5 Å². The first kappa shape index (κ1) is 18.2. The normalized spacial score (nSPS) is 19.4. The second-order valence-corrected chi connectivity index (χ2v) is 7.48. The molecule has 1 aliphatic carbocycles. The number of carbonyl (C=O) groups excluding carboxylic acids is 1. The lowest BCUT2D eigenvalue weighted by Gasteiger charge is -2.14. The Balaban J connectivity index is 1.33. The molecular formula is C21H17FN6O2. The molecule has 1 atom stereocenters. The Morgan fingerprint density at radius 2 is 2.17 bits per heavy atom.